The van der Waals surface area contributed by atoms with Crippen LogP contribution in [0.15, 0.2) is 22.0 Å². The molecule has 7 heteroatoms. The van der Waals surface area contributed by atoms with Gasteiger partial charge in [-0.3, -0.25) is 0 Å². The van der Waals surface area contributed by atoms with Crippen LogP contribution in [0, 0.1) is 0 Å². The molecule has 2 rings (SSSR count). The molecule has 0 radical (unpaired) electrons. The quantitative estimate of drug-likeness (QED) is 0.858. The molecule has 0 aliphatic carbocycles. The average molecular weight is 309 g/mol. The molecule has 0 saturated heterocycles. The molecule has 1 amide bonds. The van der Waals surface area contributed by atoms with E-state index in [4.69, 9.17) is 9.26 Å². The van der Waals surface area contributed by atoms with Crippen LogP contribution in [0.4, 0.5) is 4.79 Å². The van der Waals surface area contributed by atoms with Crippen LogP contribution in [-0.4, -0.2) is 28.4 Å². The highest BCUT2D eigenvalue weighted by molar-refractivity contribution is 7.13. The van der Waals surface area contributed by atoms with Crippen LogP contribution in [0.5, 0.6) is 0 Å². The monoisotopic (exact) mass is 309 g/mol. The fourth-order valence-corrected chi connectivity index (χ4v) is 2.26. The van der Waals surface area contributed by atoms with E-state index >= 15 is 0 Å². The zero-order valence-electron chi connectivity index (χ0n) is 12.4. The Morgan fingerprint density at radius 3 is 2.95 bits per heavy atom. The van der Waals surface area contributed by atoms with Gasteiger partial charge in [0.2, 0.25) is 11.7 Å². The number of amides is 1. The first-order valence-electron chi connectivity index (χ1n) is 6.77. The van der Waals surface area contributed by atoms with Gasteiger partial charge < -0.3 is 14.6 Å². The first-order chi connectivity index (χ1) is 9.94. The average Bonchev–Trinajstić information content (AvgIpc) is 3.03. The lowest BCUT2D eigenvalue weighted by atomic mass is 10.2. The number of aromatic nitrogens is 2. The Labute approximate surface area is 127 Å². The molecule has 0 aromatic carbocycles. The van der Waals surface area contributed by atoms with Gasteiger partial charge in [-0.15, -0.1) is 11.3 Å². The van der Waals surface area contributed by atoms with Crippen LogP contribution >= 0.6 is 11.3 Å². The maximum Gasteiger partial charge on any atom is 0.407 e. The Morgan fingerprint density at radius 1 is 1.48 bits per heavy atom. The Hall–Kier alpha value is -1.89. The normalized spacial score (nSPS) is 11.4. The van der Waals surface area contributed by atoms with Gasteiger partial charge in [0.15, 0.2) is 0 Å². The first kappa shape index (κ1) is 15.5. The second-order valence-corrected chi connectivity index (χ2v) is 6.47. The first-order valence-corrected chi connectivity index (χ1v) is 7.65. The number of hydrogen-bond acceptors (Lipinski definition) is 6. The van der Waals surface area contributed by atoms with Crippen molar-refractivity contribution in [1.29, 1.82) is 0 Å². The van der Waals surface area contributed by atoms with E-state index in [2.05, 4.69) is 15.5 Å². The molecule has 1 N–H and O–H groups in total. The van der Waals surface area contributed by atoms with Gasteiger partial charge in [0, 0.05) is 13.0 Å². The van der Waals surface area contributed by atoms with Gasteiger partial charge in [0.25, 0.3) is 0 Å². The fourth-order valence-electron chi connectivity index (χ4n) is 1.61. The Morgan fingerprint density at radius 2 is 2.29 bits per heavy atom. The maximum absolute atomic E-state index is 11.4. The van der Waals surface area contributed by atoms with Crippen molar-refractivity contribution in [3.8, 4) is 10.7 Å². The number of thiophene rings is 1. The number of hydrogen-bond donors (Lipinski definition) is 1. The number of carbonyl (C=O) groups is 1. The maximum atomic E-state index is 11.4. The Balaban J connectivity index is 1.71. The molecule has 0 fully saturated rings. The SMILES string of the molecule is CC(C)(C)OC(=O)NCCCc1nc(-c2cccs2)no1. The van der Waals surface area contributed by atoms with Crippen molar-refractivity contribution in [1.82, 2.24) is 15.5 Å². The molecule has 2 aromatic rings. The predicted octanol–water partition coefficient (Wildman–Crippen LogP) is 3.26. The minimum atomic E-state index is -0.480. The number of carbonyl (C=O) groups excluding carboxylic acids is 1. The minimum absolute atomic E-state index is 0.410. The summed E-state index contributed by atoms with van der Waals surface area (Å²) in [6.07, 6.45) is 0.923. The van der Waals surface area contributed by atoms with E-state index in [1.165, 1.54) is 0 Å². The number of ether oxygens (including phenoxy) is 1. The highest BCUT2D eigenvalue weighted by Crippen LogP contribution is 2.21. The van der Waals surface area contributed by atoms with Crippen LogP contribution in [0.2, 0.25) is 0 Å². The van der Waals surface area contributed by atoms with Gasteiger partial charge >= 0.3 is 6.09 Å². The van der Waals surface area contributed by atoms with Crippen molar-refractivity contribution in [3.63, 3.8) is 0 Å². The Bertz CT molecular complexity index is 573. The molecule has 0 saturated carbocycles. The molecule has 0 bridgehead atoms. The van der Waals surface area contributed by atoms with Crippen LogP contribution in [0.3, 0.4) is 0 Å². The molecule has 2 aromatic heterocycles. The molecule has 0 unspecified atom stereocenters. The highest BCUT2D eigenvalue weighted by Gasteiger charge is 2.15. The molecular weight excluding hydrogens is 290 g/mol. The number of aryl methyl sites for hydroxylation is 1. The van der Waals surface area contributed by atoms with Crippen LogP contribution in [0.25, 0.3) is 10.7 Å². The number of nitrogens with one attached hydrogen (secondary N) is 1. The summed E-state index contributed by atoms with van der Waals surface area (Å²) in [7, 11) is 0. The van der Waals surface area contributed by atoms with E-state index < -0.39 is 11.7 Å². The van der Waals surface area contributed by atoms with Gasteiger partial charge in [-0.2, -0.15) is 4.98 Å². The predicted molar refractivity (Wildman–Crippen MR) is 80.2 cm³/mol. The van der Waals surface area contributed by atoms with E-state index in [0.717, 1.165) is 4.88 Å². The van der Waals surface area contributed by atoms with Crippen molar-refractivity contribution in [3.05, 3.63) is 23.4 Å². The van der Waals surface area contributed by atoms with Crippen molar-refractivity contribution in [2.75, 3.05) is 6.54 Å². The smallest absolute Gasteiger partial charge is 0.407 e. The third-order valence-electron chi connectivity index (χ3n) is 2.45. The topological polar surface area (TPSA) is 77.2 Å². The summed E-state index contributed by atoms with van der Waals surface area (Å²) >= 11 is 1.57. The van der Waals surface area contributed by atoms with Crippen LogP contribution in [-0.2, 0) is 11.2 Å². The molecule has 0 spiro atoms. The van der Waals surface area contributed by atoms with Gasteiger partial charge in [-0.05, 0) is 38.6 Å². The minimum Gasteiger partial charge on any atom is -0.444 e. The molecular formula is C14H19N3O3S. The summed E-state index contributed by atoms with van der Waals surface area (Å²) in [5.41, 5.74) is -0.480. The zero-order chi connectivity index (χ0) is 15.3. The zero-order valence-corrected chi connectivity index (χ0v) is 13.2. The summed E-state index contributed by atoms with van der Waals surface area (Å²) in [4.78, 5) is 16.7. The van der Waals surface area contributed by atoms with Crippen LogP contribution < -0.4 is 5.32 Å². The largest absolute Gasteiger partial charge is 0.444 e. The van der Waals surface area contributed by atoms with E-state index in [9.17, 15) is 4.79 Å². The Kier molecular flexibility index (Phi) is 4.95. The highest BCUT2D eigenvalue weighted by atomic mass is 32.1. The molecule has 0 aliphatic rings. The third-order valence-corrected chi connectivity index (χ3v) is 3.31. The van der Waals surface area contributed by atoms with Gasteiger partial charge in [0.1, 0.15) is 5.60 Å². The van der Waals surface area contributed by atoms with Gasteiger partial charge in [-0.1, -0.05) is 11.2 Å². The summed E-state index contributed by atoms with van der Waals surface area (Å²) in [6, 6.07) is 3.89. The lowest BCUT2D eigenvalue weighted by Crippen LogP contribution is -2.33. The lowest BCUT2D eigenvalue weighted by Gasteiger charge is -2.19. The van der Waals surface area contributed by atoms with E-state index in [-0.39, 0.29) is 0 Å². The summed E-state index contributed by atoms with van der Waals surface area (Å²) < 4.78 is 10.3. The number of rotatable bonds is 5. The molecule has 2 heterocycles. The van der Waals surface area contributed by atoms with E-state index in [1.807, 2.05) is 38.3 Å². The molecule has 114 valence electrons. The molecule has 6 nitrogen and oxygen atoms in total. The summed E-state index contributed by atoms with van der Waals surface area (Å²) in [5, 5.41) is 8.60. The second kappa shape index (κ2) is 6.71. The van der Waals surface area contributed by atoms with E-state index in [0.29, 0.717) is 31.1 Å². The van der Waals surface area contributed by atoms with Gasteiger partial charge in [-0.25, -0.2) is 4.79 Å². The van der Waals surface area contributed by atoms with Crippen molar-refractivity contribution < 1.29 is 14.1 Å². The third kappa shape index (κ3) is 5.18. The van der Waals surface area contributed by atoms with Crippen molar-refractivity contribution in [2.45, 2.75) is 39.2 Å². The number of nitrogens with zero attached hydrogens (tertiary/aromatic N) is 2. The number of alkyl carbamates (subject to hydrolysis) is 1. The van der Waals surface area contributed by atoms with Gasteiger partial charge in [0.05, 0.1) is 4.88 Å². The molecule has 0 atom stereocenters. The van der Waals surface area contributed by atoms with Crippen LogP contribution in [0.1, 0.15) is 33.1 Å². The van der Waals surface area contributed by atoms with Crippen molar-refractivity contribution in [2.24, 2.45) is 0 Å². The van der Waals surface area contributed by atoms with Crippen molar-refractivity contribution >= 4 is 17.4 Å². The lowest BCUT2D eigenvalue weighted by molar-refractivity contribution is 0.0527. The summed E-state index contributed by atoms with van der Waals surface area (Å²) in [5.74, 6) is 1.18. The fraction of sp³-hybridized carbons (Fsp3) is 0.500. The summed E-state index contributed by atoms with van der Waals surface area (Å²) in [6.45, 7) is 6.00. The standard InChI is InChI=1S/C14H19N3O3S/c1-14(2,3)19-13(18)15-8-4-7-11-16-12(17-20-11)10-6-5-9-21-10/h5-6,9H,4,7-8H2,1-3H3,(H,15,18). The molecule has 0 aliphatic heterocycles. The van der Waals surface area contributed by atoms with E-state index in [1.54, 1.807) is 11.3 Å². The second-order valence-electron chi connectivity index (χ2n) is 5.52. The molecule has 21 heavy (non-hydrogen) atoms.